The molecule has 4 N–H and O–H groups in total. The molecule has 10 nitrogen and oxygen atoms in total. The fourth-order valence-corrected chi connectivity index (χ4v) is 23.9. The minimum absolute atomic E-state index is 0.856. The molecule has 145 heavy (non-hydrogen) atoms. The van der Waals surface area contributed by atoms with E-state index >= 15 is 0 Å². The van der Waals surface area contributed by atoms with Crippen molar-refractivity contribution in [1.82, 2.24) is 0 Å². The summed E-state index contributed by atoms with van der Waals surface area (Å²) >= 11 is -0.856. The predicted molar refractivity (Wildman–Crippen MR) is 619 cm³/mol. The Labute approximate surface area is 853 Å². The van der Waals surface area contributed by atoms with Gasteiger partial charge in [-0.2, -0.15) is 0 Å². The van der Waals surface area contributed by atoms with Crippen LogP contribution in [0.3, 0.4) is 0 Å². The Balaban J connectivity index is 0.000000102. The van der Waals surface area contributed by atoms with E-state index in [9.17, 15) is 0 Å². The van der Waals surface area contributed by atoms with Gasteiger partial charge < -0.3 is 38.9 Å². The van der Waals surface area contributed by atoms with Crippen LogP contribution in [-0.2, 0) is 0 Å². The van der Waals surface area contributed by atoms with E-state index in [1.54, 1.807) is 0 Å². The smallest absolute Gasteiger partial charge is 0.159 e. The number of rotatable bonds is 21. The first-order valence-electron chi connectivity index (χ1n) is 50.5. The molecule has 0 spiro atoms. The molecule has 2 radical (unpaired) electrons. The number of hydrogen-bond acceptors (Lipinski definition) is 10. The number of anilines is 10. The van der Waals surface area contributed by atoms with Crippen LogP contribution in [0.4, 0.5) is 56.9 Å². The molecule has 5 aromatic heterocycles. The fourth-order valence-electron chi connectivity index (χ4n) is 19.8. The van der Waals surface area contributed by atoms with Crippen molar-refractivity contribution in [1.29, 1.82) is 0 Å². The van der Waals surface area contributed by atoms with Gasteiger partial charge in [-0.25, -0.2) is 0 Å². The molecule has 27 aromatic rings. The molecular formula is C134H109N5O5Sn. The second-order valence-electron chi connectivity index (χ2n) is 36.7. The summed E-state index contributed by atoms with van der Waals surface area (Å²) in [4.78, 5) is 0. The molecule has 0 aliphatic carbocycles. The van der Waals surface area contributed by atoms with Crippen LogP contribution in [-0.4, -0.2) is 21.4 Å². The number of nitrogens with one attached hydrogen (secondary N) is 4. The number of unbranched alkanes of at least 4 members (excludes halogenated alkanes) is 6. The van der Waals surface area contributed by atoms with Gasteiger partial charge in [0.15, 0.2) is 16.7 Å². The third kappa shape index (κ3) is 20.1. The van der Waals surface area contributed by atoms with Gasteiger partial charge in [0.2, 0.25) is 0 Å². The van der Waals surface area contributed by atoms with E-state index in [0.717, 1.165) is 172 Å². The van der Waals surface area contributed by atoms with Crippen LogP contribution in [0.5, 0.6) is 0 Å². The van der Waals surface area contributed by atoms with Crippen molar-refractivity contribution in [3.8, 4) is 22.3 Å². The van der Waals surface area contributed by atoms with Crippen molar-refractivity contribution in [3.63, 3.8) is 0 Å². The van der Waals surface area contributed by atoms with Crippen molar-refractivity contribution < 1.29 is 22.1 Å². The van der Waals surface area contributed by atoms with Crippen molar-refractivity contribution >= 4 is 242 Å². The average Bonchev–Trinajstić information content (AvgIpc) is 1.59. The molecule has 27 rings (SSSR count). The first-order valence-corrected chi connectivity index (χ1v) is 53.8. The molecular weight excluding hydrogens is 1880 g/mol. The molecule has 0 bridgehead atoms. The van der Waals surface area contributed by atoms with Gasteiger partial charge in [0.1, 0.15) is 27.9 Å². The van der Waals surface area contributed by atoms with E-state index in [-0.39, 0.29) is 0 Å². The van der Waals surface area contributed by atoms with Gasteiger partial charge in [0.05, 0.1) is 17.1 Å². The third-order valence-corrected chi connectivity index (χ3v) is 30.9. The second kappa shape index (κ2) is 43.6. The summed E-state index contributed by atoms with van der Waals surface area (Å²) < 4.78 is 35.6. The molecule has 22 aromatic carbocycles. The van der Waals surface area contributed by atoms with Crippen LogP contribution in [0, 0.1) is 0 Å². The molecule has 0 atom stereocenters. The normalized spacial score (nSPS) is 11.3. The van der Waals surface area contributed by atoms with Crippen LogP contribution in [0.2, 0.25) is 4.44 Å². The van der Waals surface area contributed by atoms with Gasteiger partial charge in [-0.3, -0.25) is 0 Å². The Kier molecular flexibility index (Phi) is 27.9. The number of nitrogens with zero attached hydrogens (tertiary/aromatic N) is 1. The first-order chi connectivity index (χ1) is 71.8. The summed E-state index contributed by atoms with van der Waals surface area (Å²) in [6, 6.07) is 164. The standard InChI is InChI=1S/2C28H19NO.C22H15NO.C22H14NO.C22H15NO.C8H18.C4H9.Sn/c1-3-10-19(11-4-1)23-16-9-17-24-25-18-20-12-7-8-15-22(20)26(28(25)30-27(23)24)29-21-13-5-2-6-14-21;1-3-9-19(10-4-1)20-15-16-26-24(17-20)25-18-21-11-7-8-14-23(21)27(28(25)30-26)29-22-12-5-2-6-13-22;2*1-2-9-16(10-3-1)23-21-17-11-5-4-8-15(17)14-19-18-12-6-7-13-20(18)24-22(19)21;1-2-8-17(9-3-1)23-18-10-11-21-20(14-18)19-12-15-6-4-5-7-16(15)13-22(19)24-21;1-3-5-7-8-6-4-2;1-3-4-2;/h2*1-18,29H;1-14,23H;1-14H;1-14,23H;3-8H2,1-2H3;1,3-4H2,2H3;/q;;;-1;;;;+1. The molecule has 0 unspecified atom stereocenters. The fraction of sp³-hybridized carbons (Fsp3) is 0.0896. The van der Waals surface area contributed by atoms with Gasteiger partial charge in [-0.15, -0.1) is 0 Å². The number of hydrogen-bond donors (Lipinski definition) is 4. The van der Waals surface area contributed by atoms with Crippen molar-refractivity contribution in [2.75, 3.05) is 24.4 Å². The predicted octanol–water partition coefficient (Wildman–Crippen LogP) is 40.3. The summed E-state index contributed by atoms with van der Waals surface area (Å²) in [7, 11) is 0. The largest absolute Gasteiger partial charge is 0.456 e. The molecule has 11 heteroatoms. The molecule has 704 valence electrons. The van der Waals surface area contributed by atoms with E-state index in [1.807, 2.05) is 103 Å². The maximum atomic E-state index is 6.59. The SMILES string of the molecule is CCCCCCCC.CCC[CH2][Sn][N](c1ccccc1)c1c2ccccc2cc2c1oc1ccccc12.c1ccc(Nc2c3ccccc3cc3c2oc2c(-c4ccccc4)cccc23)cc1.c1ccc(Nc2c3ccccc3cc3c2oc2ccc(-c4ccccc4)cc23)cc1.c1ccc(Nc2c3ccccc3cc3c2oc2ccccc23)cc1.c1ccc(Nc2ccc3oc4cc5ccccc5cc4c3c2)cc1. The van der Waals surface area contributed by atoms with Crippen LogP contribution in [0.1, 0.15) is 72.1 Å². The van der Waals surface area contributed by atoms with E-state index < -0.39 is 21.4 Å². The quantitative estimate of drug-likeness (QED) is 0.0409. The summed E-state index contributed by atoms with van der Waals surface area (Å²) in [5, 5.41) is 37.8. The maximum absolute atomic E-state index is 6.59. The molecule has 0 aliphatic heterocycles. The third-order valence-electron chi connectivity index (χ3n) is 27.0. The summed E-state index contributed by atoms with van der Waals surface area (Å²) in [5.41, 5.74) is 24.7. The first kappa shape index (κ1) is 92.9. The molecule has 5 heterocycles. The maximum Gasteiger partial charge on any atom is 0.159 e. The Morgan fingerprint density at radius 3 is 1.06 bits per heavy atom. The molecule has 0 saturated heterocycles. The minimum atomic E-state index is -0.856. The Hall–Kier alpha value is -17.1. The Morgan fingerprint density at radius 2 is 0.552 bits per heavy atom. The van der Waals surface area contributed by atoms with Crippen LogP contribution < -0.4 is 24.4 Å². The zero-order valence-electron chi connectivity index (χ0n) is 81.4. The summed E-state index contributed by atoms with van der Waals surface area (Å²) in [5.74, 6) is 0. The van der Waals surface area contributed by atoms with Crippen LogP contribution in [0.15, 0.2) is 495 Å². The molecule has 0 amide bonds. The van der Waals surface area contributed by atoms with Crippen molar-refractivity contribution in [2.24, 2.45) is 0 Å². The topological polar surface area (TPSA) is 117 Å². The number of fused-ring (bicyclic) bond motifs is 20. The Bertz CT molecular complexity index is 9160. The summed E-state index contributed by atoms with van der Waals surface area (Å²) in [6.45, 7) is 6.79. The van der Waals surface area contributed by atoms with Crippen molar-refractivity contribution in [2.45, 2.75) is 76.6 Å². The van der Waals surface area contributed by atoms with E-state index in [2.05, 4.69) is 415 Å². The number of benzene rings is 22. The van der Waals surface area contributed by atoms with Crippen LogP contribution >= 0.6 is 0 Å². The zero-order chi connectivity index (χ0) is 97.6. The average molecular weight is 1990 g/mol. The monoisotopic (exact) mass is 1990 g/mol. The number of para-hydroxylation sites is 8. The van der Waals surface area contributed by atoms with E-state index in [0.29, 0.717) is 0 Å². The minimum Gasteiger partial charge on any atom is -0.456 e. The molecule has 0 fully saturated rings. The van der Waals surface area contributed by atoms with E-state index in [1.165, 1.54) is 127 Å². The number of furan rings is 5. The van der Waals surface area contributed by atoms with Crippen LogP contribution in [0.25, 0.3) is 186 Å². The van der Waals surface area contributed by atoms with Crippen molar-refractivity contribution in [3.05, 3.63) is 473 Å². The zero-order valence-corrected chi connectivity index (χ0v) is 84.2. The van der Waals surface area contributed by atoms with Gasteiger partial charge in [-0.1, -0.05) is 325 Å². The van der Waals surface area contributed by atoms with E-state index in [4.69, 9.17) is 22.1 Å². The Morgan fingerprint density at radius 1 is 0.200 bits per heavy atom. The van der Waals surface area contributed by atoms with Gasteiger partial charge in [0.25, 0.3) is 0 Å². The van der Waals surface area contributed by atoms with Gasteiger partial charge in [-0.05, 0) is 159 Å². The molecule has 0 aliphatic rings. The second-order valence-corrected chi connectivity index (χ2v) is 40.3. The van der Waals surface area contributed by atoms with Gasteiger partial charge >= 0.3 is 182 Å². The van der Waals surface area contributed by atoms with Gasteiger partial charge in [0, 0.05) is 93.2 Å². The summed E-state index contributed by atoms with van der Waals surface area (Å²) in [6.07, 6.45) is 11.0. The molecule has 0 saturated carbocycles.